The summed E-state index contributed by atoms with van der Waals surface area (Å²) < 4.78 is 42.6. The second kappa shape index (κ2) is 9.91. The average molecular weight is 597 g/mol. The van der Waals surface area contributed by atoms with Gasteiger partial charge in [0.2, 0.25) is 0 Å². The van der Waals surface area contributed by atoms with Crippen LogP contribution in [-0.2, 0) is 28.9 Å². The van der Waals surface area contributed by atoms with Crippen molar-refractivity contribution in [2.75, 3.05) is 6.61 Å². The summed E-state index contributed by atoms with van der Waals surface area (Å²) in [6, 6.07) is 0. The predicted molar refractivity (Wildman–Crippen MR) is 154 cm³/mol. The Morgan fingerprint density at radius 1 is 0.878 bits per heavy atom. The Kier molecular flexibility index (Phi) is 7.55. The van der Waals surface area contributed by atoms with Crippen LogP contribution in [0.3, 0.4) is 0 Å². The van der Waals surface area contributed by atoms with E-state index in [0.717, 1.165) is 51.4 Å². The summed E-state index contributed by atoms with van der Waals surface area (Å²) in [5, 5.41) is 10.7. The van der Waals surface area contributed by atoms with Crippen LogP contribution in [0.1, 0.15) is 113 Å². The van der Waals surface area contributed by atoms with Gasteiger partial charge in [0, 0.05) is 12.3 Å². The average Bonchev–Trinajstić information content (AvgIpc) is 3.25. The highest BCUT2D eigenvalue weighted by molar-refractivity contribution is 7.80. The van der Waals surface area contributed by atoms with Gasteiger partial charge >= 0.3 is 22.3 Å². The fraction of sp³-hybridized carbons (Fsp3) is 0.938. The summed E-state index contributed by atoms with van der Waals surface area (Å²) in [7, 11) is -4.55. The maximum Gasteiger partial charge on any atom is 0.397 e. The van der Waals surface area contributed by atoms with E-state index < -0.39 is 21.8 Å². The quantitative estimate of drug-likeness (QED) is 0.261. The van der Waals surface area contributed by atoms with Gasteiger partial charge in [0.15, 0.2) is 0 Å². The Balaban J connectivity index is 1.49. The van der Waals surface area contributed by atoms with Gasteiger partial charge in [-0.1, -0.05) is 41.5 Å². The van der Waals surface area contributed by atoms with E-state index in [1.807, 2.05) is 6.92 Å². The normalized spacial score (nSPS) is 47.7. The molecule has 4 unspecified atom stereocenters. The third kappa shape index (κ3) is 4.52. The first-order chi connectivity index (χ1) is 18.8. The van der Waals surface area contributed by atoms with E-state index in [1.54, 1.807) is 0 Å². The molecule has 0 aromatic carbocycles. The largest absolute Gasteiger partial charge is 0.481 e. The monoisotopic (exact) mass is 596 g/mol. The molecule has 2 N–H and O–H groups in total. The lowest BCUT2D eigenvalue weighted by atomic mass is 9.32. The summed E-state index contributed by atoms with van der Waals surface area (Å²) in [6.07, 6.45) is 8.97. The van der Waals surface area contributed by atoms with Crippen LogP contribution in [0.5, 0.6) is 0 Å². The molecular formula is C32H52O8S. The highest BCUT2D eigenvalue weighted by Crippen LogP contribution is 2.77. The molecule has 0 aromatic heterocycles. The van der Waals surface area contributed by atoms with Gasteiger partial charge in [0.25, 0.3) is 0 Å². The number of fused-ring (bicyclic) bond motifs is 7. The molecule has 0 spiro atoms. The van der Waals surface area contributed by atoms with Crippen molar-refractivity contribution in [3.8, 4) is 0 Å². The summed E-state index contributed by atoms with van der Waals surface area (Å²) in [5.41, 5.74) is -0.750. The first-order valence-corrected chi connectivity index (χ1v) is 17.2. The molecule has 5 aliphatic carbocycles. The molecular weight excluding hydrogens is 544 g/mol. The zero-order valence-electron chi connectivity index (χ0n) is 26.1. The summed E-state index contributed by atoms with van der Waals surface area (Å²) in [6.45, 7) is 15.4. The van der Waals surface area contributed by atoms with Gasteiger partial charge in [0.1, 0.15) is 6.10 Å². The lowest BCUT2D eigenvalue weighted by molar-refractivity contribution is -0.251. The molecule has 8 nitrogen and oxygen atoms in total. The molecule has 0 heterocycles. The number of carboxylic acid groups (broad SMARTS) is 1. The van der Waals surface area contributed by atoms with Crippen molar-refractivity contribution in [2.24, 2.45) is 62.6 Å². The van der Waals surface area contributed by atoms with Crippen LogP contribution in [0.2, 0.25) is 0 Å². The Morgan fingerprint density at radius 3 is 2.17 bits per heavy atom. The van der Waals surface area contributed by atoms with E-state index >= 15 is 0 Å². The standard InChI is InChI=1S/C32H52O8S/c1-19(18-39-41(36,37)38)21-10-15-32(27(34)35)17-16-30(6)22(26(21)32)8-9-24-29(5)13-12-25(40-20(2)33)28(3,4)23(29)11-14-31(24,30)7/h19,21-26H,8-18H2,1-7H3,(H,34,35)(H,36,37,38)/t19-,21-,22?,23?,24?,25+,26?,29-,30+,31+,32-/m0/s1. The Hall–Kier alpha value is -1.19. The van der Waals surface area contributed by atoms with E-state index in [2.05, 4.69) is 34.6 Å². The molecule has 0 aliphatic heterocycles. The number of rotatable bonds is 6. The molecule has 5 fully saturated rings. The van der Waals surface area contributed by atoms with E-state index in [0.29, 0.717) is 24.7 Å². The van der Waals surface area contributed by atoms with Crippen molar-refractivity contribution in [2.45, 2.75) is 119 Å². The smallest absolute Gasteiger partial charge is 0.397 e. The Bertz CT molecular complexity index is 1180. The molecule has 5 saturated carbocycles. The Morgan fingerprint density at radius 2 is 1.56 bits per heavy atom. The molecule has 234 valence electrons. The highest BCUT2D eigenvalue weighted by Gasteiger charge is 2.72. The van der Waals surface area contributed by atoms with E-state index in [-0.39, 0.29) is 64.0 Å². The van der Waals surface area contributed by atoms with Crippen LogP contribution >= 0.6 is 0 Å². The number of carboxylic acids is 1. The Labute approximate surface area is 246 Å². The lowest BCUT2D eigenvalue weighted by Gasteiger charge is -2.72. The van der Waals surface area contributed by atoms with Crippen molar-refractivity contribution in [1.82, 2.24) is 0 Å². The number of aliphatic carboxylic acids is 1. The molecule has 9 heteroatoms. The summed E-state index contributed by atoms with van der Waals surface area (Å²) in [4.78, 5) is 24.9. The molecule has 0 radical (unpaired) electrons. The van der Waals surface area contributed by atoms with Gasteiger partial charge in [-0.2, -0.15) is 8.42 Å². The third-order valence-corrected chi connectivity index (χ3v) is 14.8. The van der Waals surface area contributed by atoms with Gasteiger partial charge in [0.05, 0.1) is 12.0 Å². The van der Waals surface area contributed by atoms with Crippen LogP contribution in [0.25, 0.3) is 0 Å². The van der Waals surface area contributed by atoms with Gasteiger partial charge < -0.3 is 9.84 Å². The van der Waals surface area contributed by atoms with Crippen molar-refractivity contribution >= 4 is 22.3 Å². The maximum absolute atomic E-state index is 13.0. The lowest BCUT2D eigenvalue weighted by Crippen LogP contribution is -2.67. The van der Waals surface area contributed by atoms with E-state index in [1.165, 1.54) is 6.92 Å². The zero-order valence-corrected chi connectivity index (χ0v) is 26.9. The van der Waals surface area contributed by atoms with Crippen LogP contribution < -0.4 is 0 Å². The van der Waals surface area contributed by atoms with Crippen LogP contribution in [-0.4, -0.2) is 42.7 Å². The molecule has 0 bridgehead atoms. The van der Waals surface area contributed by atoms with Crippen molar-refractivity contribution < 1.29 is 36.6 Å². The number of ether oxygens (including phenoxy) is 1. The van der Waals surface area contributed by atoms with Crippen LogP contribution in [0, 0.1) is 62.6 Å². The summed E-state index contributed by atoms with van der Waals surface area (Å²) in [5.74, 6) is 0.0902. The molecule has 0 amide bonds. The highest BCUT2D eigenvalue weighted by atomic mass is 32.3. The van der Waals surface area contributed by atoms with Gasteiger partial charge in [-0.3, -0.25) is 14.1 Å². The van der Waals surface area contributed by atoms with Crippen molar-refractivity contribution in [3.63, 3.8) is 0 Å². The maximum atomic E-state index is 13.0. The van der Waals surface area contributed by atoms with Crippen LogP contribution in [0.4, 0.5) is 0 Å². The number of hydrogen-bond donors (Lipinski definition) is 2. The minimum absolute atomic E-state index is 0.0302. The zero-order chi connectivity index (χ0) is 30.4. The first kappa shape index (κ1) is 31.2. The molecule has 0 aromatic rings. The molecule has 5 rings (SSSR count). The molecule has 11 atom stereocenters. The van der Waals surface area contributed by atoms with Gasteiger partial charge in [-0.05, 0) is 116 Å². The predicted octanol–water partition coefficient (Wildman–Crippen LogP) is 6.54. The molecule has 5 aliphatic rings. The minimum Gasteiger partial charge on any atom is -0.481 e. The number of hydrogen-bond acceptors (Lipinski definition) is 6. The molecule has 0 saturated heterocycles. The second-order valence-electron chi connectivity index (χ2n) is 16.0. The summed E-state index contributed by atoms with van der Waals surface area (Å²) >= 11 is 0. The fourth-order valence-electron chi connectivity index (χ4n) is 12.4. The number of carbonyl (C=O) groups excluding carboxylic acids is 1. The first-order valence-electron chi connectivity index (χ1n) is 15.9. The van der Waals surface area contributed by atoms with E-state index in [4.69, 9.17) is 8.92 Å². The van der Waals surface area contributed by atoms with E-state index in [9.17, 15) is 27.7 Å². The topological polar surface area (TPSA) is 127 Å². The van der Waals surface area contributed by atoms with Crippen LogP contribution in [0.15, 0.2) is 0 Å². The number of esters is 1. The number of carbonyl (C=O) groups is 2. The second-order valence-corrected chi connectivity index (χ2v) is 17.1. The van der Waals surface area contributed by atoms with Crippen molar-refractivity contribution in [3.05, 3.63) is 0 Å². The fourth-order valence-corrected chi connectivity index (χ4v) is 12.7. The van der Waals surface area contributed by atoms with Gasteiger partial charge in [-0.25, -0.2) is 4.18 Å². The SMILES string of the molecule is CC(=O)O[C@@H]1CC[C@@]2(C)C(CC[C@]3(C)C2CCC2C4[C@H]([C@@H](C)COS(=O)(=O)O)CC[C@]4(C(=O)O)CC[C@]23C)C1(C)C. The third-order valence-electron chi connectivity index (χ3n) is 14.4. The molecule has 41 heavy (non-hydrogen) atoms. The van der Waals surface area contributed by atoms with Crippen molar-refractivity contribution in [1.29, 1.82) is 0 Å². The minimum atomic E-state index is -4.55. The van der Waals surface area contributed by atoms with Gasteiger partial charge in [-0.15, -0.1) is 0 Å².